The SMILES string of the molecule is [B]c1cc(CC2Cc3ccccc3S2)c(C)cc1OCOC. The van der Waals surface area contributed by atoms with Gasteiger partial charge in [0.2, 0.25) is 0 Å². The van der Waals surface area contributed by atoms with E-state index in [1.165, 1.54) is 21.6 Å². The largest absolute Gasteiger partial charge is 0.468 e. The molecule has 3 rings (SSSR count). The fourth-order valence-corrected chi connectivity index (χ4v) is 4.17. The molecule has 1 aliphatic heterocycles. The van der Waals surface area contributed by atoms with E-state index in [1.54, 1.807) is 7.11 Å². The van der Waals surface area contributed by atoms with Crippen LogP contribution < -0.4 is 10.2 Å². The lowest BCUT2D eigenvalue weighted by atomic mass is 9.89. The summed E-state index contributed by atoms with van der Waals surface area (Å²) in [5.41, 5.74) is 4.66. The van der Waals surface area contributed by atoms with Gasteiger partial charge in [-0.25, -0.2) is 0 Å². The number of benzene rings is 2. The molecule has 4 heteroatoms. The standard InChI is InChI=1S/C18H19BO2S/c1-12-7-17(21-11-20-2)16(19)10-14(12)9-15-8-13-5-3-4-6-18(13)22-15/h3-7,10,15H,8-9,11H2,1-2H3. The van der Waals surface area contributed by atoms with Crippen LogP contribution in [0.1, 0.15) is 16.7 Å². The number of fused-ring (bicyclic) bond motifs is 1. The zero-order chi connectivity index (χ0) is 15.5. The van der Waals surface area contributed by atoms with Crippen molar-refractivity contribution in [3.8, 4) is 5.75 Å². The predicted molar refractivity (Wildman–Crippen MR) is 92.6 cm³/mol. The number of hydrogen-bond donors (Lipinski definition) is 0. The van der Waals surface area contributed by atoms with Crippen molar-refractivity contribution < 1.29 is 9.47 Å². The van der Waals surface area contributed by atoms with Crippen LogP contribution in [0.5, 0.6) is 5.75 Å². The van der Waals surface area contributed by atoms with E-state index in [0.717, 1.165) is 12.8 Å². The first-order chi connectivity index (χ1) is 10.7. The minimum Gasteiger partial charge on any atom is -0.468 e. The van der Waals surface area contributed by atoms with Crippen LogP contribution in [0, 0.1) is 6.92 Å². The van der Waals surface area contributed by atoms with Crippen molar-refractivity contribution in [2.45, 2.75) is 29.9 Å². The summed E-state index contributed by atoms with van der Waals surface area (Å²) in [6, 6.07) is 12.7. The fourth-order valence-electron chi connectivity index (χ4n) is 2.83. The smallest absolute Gasteiger partial charge is 0.188 e. The summed E-state index contributed by atoms with van der Waals surface area (Å²) in [6.45, 7) is 2.33. The molecule has 0 N–H and O–H groups in total. The highest BCUT2D eigenvalue weighted by molar-refractivity contribution is 8.00. The quantitative estimate of drug-likeness (QED) is 0.625. The van der Waals surface area contributed by atoms with Crippen LogP contribution in [-0.2, 0) is 17.6 Å². The maximum absolute atomic E-state index is 6.10. The molecule has 2 aromatic rings. The Bertz CT molecular complexity index is 647. The van der Waals surface area contributed by atoms with E-state index >= 15 is 0 Å². The monoisotopic (exact) mass is 310 g/mol. The van der Waals surface area contributed by atoms with Gasteiger partial charge in [0.25, 0.3) is 0 Å². The molecule has 0 amide bonds. The number of methoxy groups -OCH3 is 1. The summed E-state index contributed by atoms with van der Waals surface area (Å²) < 4.78 is 10.4. The van der Waals surface area contributed by atoms with Crippen LogP contribution in [-0.4, -0.2) is 27.0 Å². The molecule has 0 bridgehead atoms. The third-order valence-corrected chi connectivity index (χ3v) is 5.28. The summed E-state index contributed by atoms with van der Waals surface area (Å²) >= 11 is 1.97. The van der Waals surface area contributed by atoms with E-state index in [-0.39, 0.29) is 6.79 Å². The molecule has 1 heterocycles. The zero-order valence-corrected chi connectivity index (χ0v) is 13.8. The Labute approximate surface area is 137 Å². The van der Waals surface area contributed by atoms with Gasteiger partial charge < -0.3 is 9.47 Å². The Morgan fingerprint density at radius 3 is 2.86 bits per heavy atom. The second kappa shape index (κ2) is 6.80. The molecule has 1 aliphatic rings. The predicted octanol–water partition coefficient (Wildman–Crippen LogP) is 3.03. The third-order valence-electron chi connectivity index (χ3n) is 3.96. The van der Waals surface area contributed by atoms with Gasteiger partial charge in [-0.1, -0.05) is 29.7 Å². The lowest BCUT2D eigenvalue weighted by Crippen LogP contribution is -2.15. The van der Waals surface area contributed by atoms with E-state index in [2.05, 4.69) is 31.2 Å². The van der Waals surface area contributed by atoms with E-state index in [0.29, 0.717) is 16.5 Å². The van der Waals surface area contributed by atoms with Gasteiger partial charge in [-0.2, -0.15) is 0 Å². The minimum atomic E-state index is 0.219. The molecule has 1 unspecified atom stereocenters. The van der Waals surface area contributed by atoms with Gasteiger partial charge in [0.15, 0.2) is 6.79 Å². The van der Waals surface area contributed by atoms with E-state index in [9.17, 15) is 0 Å². The molecule has 2 nitrogen and oxygen atoms in total. The minimum absolute atomic E-state index is 0.219. The van der Waals surface area contributed by atoms with Crippen LogP contribution in [0.3, 0.4) is 0 Å². The number of rotatable bonds is 5. The van der Waals surface area contributed by atoms with Crippen LogP contribution in [0.15, 0.2) is 41.3 Å². The van der Waals surface area contributed by atoms with Crippen molar-refractivity contribution in [2.24, 2.45) is 0 Å². The maximum atomic E-state index is 6.10. The zero-order valence-electron chi connectivity index (χ0n) is 13.0. The van der Waals surface area contributed by atoms with Crippen molar-refractivity contribution in [2.75, 3.05) is 13.9 Å². The summed E-state index contributed by atoms with van der Waals surface area (Å²) in [5.74, 6) is 0.700. The van der Waals surface area contributed by atoms with Gasteiger partial charge in [-0.05, 0) is 48.6 Å². The molecule has 2 radical (unpaired) electrons. The first-order valence-electron chi connectivity index (χ1n) is 7.42. The Kier molecular flexibility index (Phi) is 4.79. The van der Waals surface area contributed by atoms with Gasteiger partial charge in [0.05, 0.1) is 0 Å². The molecule has 0 aromatic heterocycles. The topological polar surface area (TPSA) is 18.5 Å². The van der Waals surface area contributed by atoms with Crippen molar-refractivity contribution in [1.82, 2.24) is 0 Å². The second-order valence-corrected chi connectivity index (χ2v) is 6.97. The highest BCUT2D eigenvalue weighted by Gasteiger charge is 2.22. The van der Waals surface area contributed by atoms with Crippen LogP contribution >= 0.6 is 11.8 Å². The third kappa shape index (κ3) is 3.34. The maximum Gasteiger partial charge on any atom is 0.188 e. The van der Waals surface area contributed by atoms with Crippen LogP contribution in [0.4, 0.5) is 0 Å². The van der Waals surface area contributed by atoms with E-state index in [1.807, 2.05) is 23.9 Å². The van der Waals surface area contributed by atoms with Crippen LogP contribution in [0.25, 0.3) is 0 Å². The molecule has 1 atom stereocenters. The van der Waals surface area contributed by atoms with Gasteiger partial charge >= 0.3 is 0 Å². The highest BCUT2D eigenvalue weighted by Crippen LogP contribution is 2.38. The van der Waals surface area contributed by atoms with E-state index in [4.69, 9.17) is 17.3 Å². The fraction of sp³-hybridized carbons (Fsp3) is 0.333. The number of ether oxygens (including phenoxy) is 2. The summed E-state index contributed by atoms with van der Waals surface area (Å²) in [7, 11) is 7.71. The summed E-state index contributed by atoms with van der Waals surface area (Å²) in [4.78, 5) is 1.41. The lowest BCUT2D eigenvalue weighted by Gasteiger charge is -2.15. The summed E-state index contributed by atoms with van der Waals surface area (Å²) in [5, 5.41) is 0.584. The Hall–Kier alpha value is -1.39. The Balaban J connectivity index is 1.72. The summed E-state index contributed by atoms with van der Waals surface area (Å²) in [6.07, 6.45) is 2.15. The molecule has 112 valence electrons. The van der Waals surface area contributed by atoms with Gasteiger partial charge in [-0.15, -0.1) is 11.8 Å². The second-order valence-electron chi connectivity index (χ2n) is 5.62. The number of aryl methyl sites for hydroxylation is 1. The Morgan fingerprint density at radius 2 is 2.09 bits per heavy atom. The van der Waals surface area contributed by atoms with Crippen molar-refractivity contribution in [3.63, 3.8) is 0 Å². The highest BCUT2D eigenvalue weighted by atomic mass is 32.2. The lowest BCUT2D eigenvalue weighted by molar-refractivity contribution is 0.0518. The van der Waals surface area contributed by atoms with E-state index < -0.39 is 0 Å². The molecule has 0 saturated heterocycles. The van der Waals surface area contributed by atoms with Crippen molar-refractivity contribution in [3.05, 3.63) is 53.1 Å². The average Bonchev–Trinajstić information content (AvgIpc) is 2.91. The molecular formula is C18H19BO2S. The molecular weight excluding hydrogens is 291 g/mol. The molecule has 2 aromatic carbocycles. The van der Waals surface area contributed by atoms with Gasteiger partial charge in [-0.3, -0.25) is 0 Å². The van der Waals surface area contributed by atoms with Gasteiger partial charge in [0.1, 0.15) is 13.6 Å². The number of hydrogen-bond acceptors (Lipinski definition) is 3. The normalized spacial score (nSPS) is 16.5. The average molecular weight is 310 g/mol. The van der Waals surface area contributed by atoms with Crippen molar-refractivity contribution >= 4 is 25.1 Å². The molecule has 0 aliphatic carbocycles. The van der Waals surface area contributed by atoms with Crippen LogP contribution in [0.2, 0.25) is 0 Å². The molecule has 22 heavy (non-hydrogen) atoms. The first-order valence-corrected chi connectivity index (χ1v) is 8.30. The molecule has 0 spiro atoms. The first kappa shape index (κ1) is 15.5. The number of thioether (sulfide) groups is 1. The van der Waals surface area contributed by atoms with Gasteiger partial charge in [0, 0.05) is 17.3 Å². The Morgan fingerprint density at radius 1 is 1.27 bits per heavy atom. The van der Waals surface area contributed by atoms with Crippen molar-refractivity contribution in [1.29, 1.82) is 0 Å². The molecule has 0 fully saturated rings. The molecule has 0 saturated carbocycles.